The van der Waals surface area contributed by atoms with E-state index >= 15 is 0 Å². The fraction of sp³-hybridized carbons (Fsp3) is 0.778. The van der Waals surface area contributed by atoms with E-state index in [0.29, 0.717) is 19.6 Å². The van der Waals surface area contributed by atoms with Crippen LogP contribution in [0.2, 0.25) is 0 Å². The first kappa shape index (κ1) is 12.9. The quantitative estimate of drug-likeness (QED) is 0.581. The predicted octanol–water partition coefficient (Wildman–Crippen LogP) is 0.250. The van der Waals surface area contributed by atoms with Crippen molar-refractivity contribution in [3.8, 4) is 0 Å². The second kappa shape index (κ2) is 7.32. The molecule has 0 rings (SSSR count). The van der Waals surface area contributed by atoms with Crippen molar-refractivity contribution in [2.75, 3.05) is 20.3 Å². The minimum absolute atomic E-state index is 0.0267. The monoisotopic (exact) mass is 203 g/mol. The van der Waals surface area contributed by atoms with Crippen molar-refractivity contribution in [2.45, 2.75) is 19.8 Å². The van der Waals surface area contributed by atoms with E-state index in [1.54, 1.807) is 14.0 Å². The maximum Gasteiger partial charge on any atom is 0.303 e. The van der Waals surface area contributed by atoms with Crippen molar-refractivity contribution in [3.05, 3.63) is 0 Å². The lowest BCUT2D eigenvalue weighted by Gasteiger charge is -2.10. The van der Waals surface area contributed by atoms with E-state index < -0.39 is 5.97 Å². The van der Waals surface area contributed by atoms with Crippen molar-refractivity contribution in [1.29, 1.82) is 0 Å². The fourth-order valence-electron chi connectivity index (χ4n) is 0.922. The number of ether oxygens (including phenoxy) is 1. The third-order valence-corrected chi connectivity index (χ3v) is 1.84. The Morgan fingerprint density at radius 1 is 1.50 bits per heavy atom. The second-order valence-electron chi connectivity index (χ2n) is 3.12. The molecule has 0 saturated heterocycles. The van der Waals surface area contributed by atoms with Gasteiger partial charge in [-0.15, -0.1) is 0 Å². The first-order valence-electron chi connectivity index (χ1n) is 4.56. The van der Waals surface area contributed by atoms with E-state index in [2.05, 4.69) is 5.32 Å². The molecule has 1 amide bonds. The van der Waals surface area contributed by atoms with Crippen molar-refractivity contribution in [1.82, 2.24) is 5.32 Å². The average Bonchev–Trinajstić information content (AvgIpc) is 2.14. The van der Waals surface area contributed by atoms with E-state index in [-0.39, 0.29) is 18.2 Å². The van der Waals surface area contributed by atoms with Gasteiger partial charge in [0.25, 0.3) is 0 Å². The van der Waals surface area contributed by atoms with E-state index in [0.717, 1.165) is 0 Å². The topological polar surface area (TPSA) is 75.6 Å². The molecule has 0 saturated carbocycles. The molecule has 2 N–H and O–H groups in total. The van der Waals surface area contributed by atoms with Crippen LogP contribution < -0.4 is 5.32 Å². The Labute approximate surface area is 83.4 Å². The number of methoxy groups -OCH3 is 1. The molecule has 0 radical (unpaired) electrons. The minimum atomic E-state index is -0.874. The molecule has 0 aliphatic carbocycles. The molecule has 0 aliphatic heterocycles. The molecular formula is C9H17NO4. The minimum Gasteiger partial charge on any atom is -0.481 e. The molecule has 0 aromatic carbocycles. The number of carboxylic acids is 1. The molecule has 5 heteroatoms. The third-order valence-electron chi connectivity index (χ3n) is 1.84. The van der Waals surface area contributed by atoms with E-state index in [1.807, 2.05) is 0 Å². The maximum atomic E-state index is 11.3. The Hall–Kier alpha value is -1.10. The Bertz CT molecular complexity index is 193. The van der Waals surface area contributed by atoms with Gasteiger partial charge in [0.05, 0.1) is 6.61 Å². The summed E-state index contributed by atoms with van der Waals surface area (Å²) >= 11 is 0. The van der Waals surface area contributed by atoms with Gasteiger partial charge in [0.2, 0.25) is 5.91 Å². The number of carboxylic acid groups (broad SMARTS) is 1. The van der Waals surface area contributed by atoms with Gasteiger partial charge in [0.15, 0.2) is 0 Å². The summed E-state index contributed by atoms with van der Waals surface area (Å²) in [4.78, 5) is 21.5. The molecule has 0 aliphatic rings. The smallest absolute Gasteiger partial charge is 0.303 e. The highest BCUT2D eigenvalue weighted by Crippen LogP contribution is 2.04. The highest BCUT2D eigenvalue weighted by molar-refractivity contribution is 5.78. The Morgan fingerprint density at radius 3 is 2.64 bits per heavy atom. The van der Waals surface area contributed by atoms with Crippen LogP contribution in [0.5, 0.6) is 0 Å². The van der Waals surface area contributed by atoms with Gasteiger partial charge in [-0.2, -0.15) is 0 Å². The van der Waals surface area contributed by atoms with Crippen molar-refractivity contribution < 1.29 is 19.4 Å². The Kier molecular flexibility index (Phi) is 6.74. The summed E-state index contributed by atoms with van der Waals surface area (Å²) in [5.74, 6) is -1.26. The van der Waals surface area contributed by atoms with Crippen LogP contribution >= 0.6 is 0 Å². The number of amides is 1. The van der Waals surface area contributed by atoms with Gasteiger partial charge in [-0.05, 0) is 6.42 Å². The Balaban J connectivity index is 3.59. The summed E-state index contributed by atoms with van der Waals surface area (Å²) in [7, 11) is 1.56. The van der Waals surface area contributed by atoms with Crippen LogP contribution in [0.4, 0.5) is 0 Å². The van der Waals surface area contributed by atoms with Crippen LogP contribution in [0.25, 0.3) is 0 Å². The zero-order chi connectivity index (χ0) is 11.0. The summed E-state index contributed by atoms with van der Waals surface area (Å²) < 4.78 is 4.76. The number of aliphatic carboxylic acids is 1. The predicted molar refractivity (Wildman–Crippen MR) is 50.9 cm³/mol. The summed E-state index contributed by atoms with van der Waals surface area (Å²) in [5, 5.41) is 11.1. The highest BCUT2D eigenvalue weighted by atomic mass is 16.5. The number of hydrogen-bond acceptors (Lipinski definition) is 3. The van der Waals surface area contributed by atoms with Crippen molar-refractivity contribution in [2.24, 2.45) is 5.92 Å². The summed E-state index contributed by atoms with van der Waals surface area (Å²) in [6, 6.07) is 0. The molecule has 0 fully saturated rings. The van der Waals surface area contributed by atoms with Gasteiger partial charge in [-0.1, -0.05) is 6.92 Å². The largest absolute Gasteiger partial charge is 0.481 e. The lowest BCUT2D eigenvalue weighted by atomic mass is 10.1. The van der Waals surface area contributed by atoms with Gasteiger partial charge < -0.3 is 15.2 Å². The van der Waals surface area contributed by atoms with Crippen LogP contribution in [0.3, 0.4) is 0 Å². The molecule has 5 nitrogen and oxygen atoms in total. The standard InChI is InChI=1S/C9H17NO4/c1-7(3-4-8(11)12)9(13)10-5-6-14-2/h7H,3-6H2,1-2H3,(H,10,13)(H,11,12). The zero-order valence-electron chi connectivity index (χ0n) is 8.58. The molecule has 0 bridgehead atoms. The lowest BCUT2D eigenvalue weighted by molar-refractivity contribution is -0.137. The molecular weight excluding hydrogens is 186 g/mol. The summed E-state index contributed by atoms with van der Waals surface area (Å²) in [6.07, 6.45) is 0.396. The van der Waals surface area contributed by atoms with Crippen LogP contribution in [0.15, 0.2) is 0 Å². The molecule has 82 valence electrons. The molecule has 1 atom stereocenters. The average molecular weight is 203 g/mol. The molecule has 0 spiro atoms. The van der Waals surface area contributed by atoms with E-state index in [4.69, 9.17) is 9.84 Å². The van der Waals surface area contributed by atoms with Gasteiger partial charge in [-0.3, -0.25) is 9.59 Å². The summed E-state index contributed by atoms with van der Waals surface area (Å²) in [6.45, 7) is 2.65. The van der Waals surface area contributed by atoms with Gasteiger partial charge in [0, 0.05) is 26.0 Å². The maximum absolute atomic E-state index is 11.3. The van der Waals surface area contributed by atoms with Crippen LogP contribution in [-0.2, 0) is 14.3 Å². The first-order chi connectivity index (χ1) is 6.57. The van der Waals surface area contributed by atoms with Crippen molar-refractivity contribution in [3.63, 3.8) is 0 Å². The van der Waals surface area contributed by atoms with E-state index in [9.17, 15) is 9.59 Å². The number of carbonyl (C=O) groups is 2. The molecule has 0 aromatic heterocycles. The number of carbonyl (C=O) groups excluding carboxylic acids is 1. The zero-order valence-corrected chi connectivity index (χ0v) is 8.58. The molecule has 0 heterocycles. The van der Waals surface area contributed by atoms with E-state index in [1.165, 1.54) is 0 Å². The fourth-order valence-corrected chi connectivity index (χ4v) is 0.922. The second-order valence-corrected chi connectivity index (χ2v) is 3.12. The summed E-state index contributed by atoms with van der Waals surface area (Å²) in [5.41, 5.74) is 0. The molecule has 14 heavy (non-hydrogen) atoms. The molecule has 1 unspecified atom stereocenters. The number of rotatable bonds is 7. The number of hydrogen-bond donors (Lipinski definition) is 2. The van der Waals surface area contributed by atoms with Crippen LogP contribution in [-0.4, -0.2) is 37.2 Å². The molecule has 0 aromatic rings. The van der Waals surface area contributed by atoms with Gasteiger partial charge in [-0.25, -0.2) is 0 Å². The highest BCUT2D eigenvalue weighted by Gasteiger charge is 2.13. The lowest BCUT2D eigenvalue weighted by Crippen LogP contribution is -2.32. The first-order valence-corrected chi connectivity index (χ1v) is 4.56. The Morgan fingerprint density at radius 2 is 2.14 bits per heavy atom. The van der Waals surface area contributed by atoms with Gasteiger partial charge in [0.1, 0.15) is 0 Å². The van der Waals surface area contributed by atoms with Crippen LogP contribution in [0.1, 0.15) is 19.8 Å². The van der Waals surface area contributed by atoms with Crippen molar-refractivity contribution >= 4 is 11.9 Å². The SMILES string of the molecule is COCCNC(=O)C(C)CCC(=O)O. The third kappa shape index (κ3) is 6.42. The van der Waals surface area contributed by atoms with Gasteiger partial charge >= 0.3 is 5.97 Å². The number of nitrogens with one attached hydrogen (secondary N) is 1. The van der Waals surface area contributed by atoms with Crippen LogP contribution in [0, 0.1) is 5.92 Å². The normalized spacial score (nSPS) is 12.1.